The number of hydrogen-bond acceptors (Lipinski definition) is 5. The van der Waals surface area contributed by atoms with E-state index in [1.807, 2.05) is 34.6 Å². The highest BCUT2D eigenvalue weighted by Gasteiger charge is 2.80. The Balaban J connectivity index is 2.21. The number of fused-ring (bicyclic) bond motifs is 1. The molecule has 7 atom stereocenters. The zero-order chi connectivity index (χ0) is 23.5. The SMILES string of the molecule is C=CCN(C(=O)C1N([C@@H](CC)CO)C(=O)[C@@H]2[C@H](C(=O)O)[C@@]3(C)OC12CC3C)C(C)(C)C. The predicted octanol–water partition coefficient (Wildman–Crippen LogP) is 1.67. The molecule has 0 aromatic carbocycles. The van der Waals surface area contributed by atoms with Crippen molar-refractivity contribution in [2.24, 2.45) is 17.8 Å². The molecule has 0 saturated carbocycles. The lowest BCUT2D eigenvalue weighted by atomic mass is 9.62. The number of rotatable bonds is 7. The molecule has 3 saturated heterocycles. The van der Waals surface area contributed by atoms with Gasteiger partial charge >= 0.3 is 5.97 Å². The molecular formula is C23H36N2O6. The van der Waals surface area contributed by atoms with Crippen molar-refractivity contribution in [3.05, 3.63) is 12.7 Å². The molecule has 3 aliphatic heterocycles. The number of nitrogens with zero attached hydrogens (tertiary/aromatic N) is 2. The van der Waals surface area contributed by atoms with E-state index in [1.54, 1.807) is 17.9 Å². The first kappa shape index (κ1) is 23.7. The van der Waals surface area contributed by atoms with E-state index in [2.05, 4.69) is 6.58 Å². The molecule has 2 bridgehead atoms. The Morgan fingerprint density at radius 1 is 1.42 bits per heavy atom. The summed E-state index contributed by atoms with van der Waals surface area (Å²) in [5.41, 5.74) is -2.80. The largest absolute Gasteiger partial charge is 0.481 e. The van der Waals surface area contributed by atoms with Gasteiger partial charge < -0.3 is 24.7 Å². The third-order valence-electron chi connectivity index (χ3n) is 7.72. The second kappa shape index (κ2) is 7.59. The molecule has 3 fully saturated rings. The quantitative estimate of drug-likeness (QED) is 0.588. The van der Waals surface area contributed by atoms with Gasteiger partial charge in [-0.15, -0.1) is 6.58 Å². The zero-order valence-electron chi connectivity index (χ0n) is 19.4. The Bertz CT molecular complexity index is 787. The topological polar surface area (TPSA) is 107 Å². The number of carbonyl (C=O) groups excluding carboxylic acids is 2. The van der Waals surface area contributed by atoms with Crippen LogP contribution in [-0.4, -0.2) is 79.8 Å². The molecule has 3 aliphatic rings. The fraction of sp³-hybridized carbons (Fsp3) is 0.783. The minimum Gasteiger partial charge on any atom is -0.481 e. The Morgan fingerprint density at radius 3 is 2.48 bits per heavy atom. The van der Waals surface area contributed by atoms with Crippen LogP contribution in [0.3, 0.4) is 0 Å². The van der Waals surface area contributed by atoms with Gasteiger partial charge in [0.05, 0.1) is 24.2 Å². The highest BCUT2D eigenvalue weighted by atomic mass is 16.5. The van der Waals surface area contributed by atoms with Gasteiger partial charge in [-0.25, -0.2) is 0 Å². The lowest BCUT2D eigenvalue weighted by Gasteiger charge is -2.43. The summed E-state index contributed by atoms with van der Waals surface area (Å²) in [6.45, 7) is 15.0. The molecule has 2 amide bonds. The first-order valence-corrected chi connectivity index (χ1v) is 11.1. The summed E-state index contributed by atoms with van der Waals surface area (Å²) in [6, 6.07) is -1.58. The monoisotopic (exact) mass is 436 g/mol. The molecule has 2 N–H and O–H groups in total. The molecule has 0 radical (unpaired) electrons. The van der Waals surface area contributed by atoms with Gasteiger partial charge in [-0.1, -0.05) is 19.9 Å². The Labute approximate surface area is 184 Å². The van der Waals surface area contributed by atoms with Crippen LogP contribution in [0.25, 0.3) is 0 Å². The second-order valence-electron chi connectivity index (χ2n) is 10.4. The summed E-state index contributed by atoms with van der Waals surface area (Å²) >= 11 is 0. The third kappa shape index (κ3) is 3.13. The first-order valence-electron chi connectivity index (χ1n) is 11.1. The maximum atomic E-state index is 14.1. The molecule has 3 unspecified atom stereocenters. The number of amides is 2. The van der Waals surface area contributed by atoms with Crippen molar-refractivity contribution in [3.8, 4) is 0 Å². The van der Waals surface area contributed by atoms with E-state index in [4.69, 9.17) is 4.74 Å². The highest BCUT2D eigenvalue weighted by molar-refractivity contribution is 5.98. The molecule has 1 spiro atoms. The van der Waals surface area contributed by atoms with Crippen LogP contribution in [0, 0.1) is 17.8 Å². The molecule has 174 valence electrons. The molecule has 31 heavy (non-hydrogen) atoms. The third-order valence-corrected chi connectivity index (χ3v) is 7.72. The van der Waals surface area contributed by atoms with Crippen molar-refractivity contribution in [2.45, 2.75) is 83.2 Å². The summed E-state index contributed by atoms with van der Waals surface area (Å²) in [4.78, 5) is 43.2. The van der Waals surface area contributed by atoms with E-state index >= 15 is 0 Å². The Hall–Kier alpha value is -1.93. The standard InChI is InChI=1S/C23H36N2O6/c1-8-10-24(21(4,5)6)19(28)17-23-11-13(3)22(7,31-23)16(20(29)30)15(23)18(27)25(17)14(9-2)12-26/h8,13-17,26H,1,9-12H2,2-7H3,(H,29,30)/t13?,14-,15-,16+,17?,22-,23?/m0/s1. The van der Waals surface area contributed by atoms with E-state index < -0.39 is 52.5 Å². The average Bonchev–Trinajstić information content (AvgIpc) is 3.17. The fourth-order valence-electron chi connectivity index (χ4n) is 6.11. The minimum absolute atomic E-state index is 0.135. The molecule has 3 heterocycles. The van der Waals surface area contributed by atoms with Gasteiger partial charge in [0.15, 0.2) is 0 Å². The van der Waals surface area contributed by atoms with Gasteiger partial charge in [-0.3, -0.25) is 14.4 Å². The van der Waals surface area contributed by atoms with Gasteiger partial charge in [0.2, 0.25) is 11.8 Å². The first-order chi connectivity index (χ1) is 14.3. The van der Waals surface area contributed by atoms with E-state index in [0.29, 0.717) is 12.8 Å². The number of carboxylic acids is 1. The summed E-state index contributed by atoms with van der Waals surface area (Å²) in [5.74, 6) is -3.91. The normalized spacial score (nSPS) is 37.6. The number of ether oxygens (including phenoxy) is 1. The van der Waals surface area contributed by atoms with E-state index in [-0.39, 0.29) is 25.0 Å². The van der Waals surface area contributed by atoms with Gasteiger partial charge in [-0.2, -0.15) is 0 Å². The molecular weight excluding hydrogens is 400 g/mol. The Morgan fingerprint density at radius 2 is 2.03 bits per heavy atom. The van der Waals surface area contributed by atoms with Crippen LogP contribution in [0.15, 0.2) is 12.7 Å². The lowest BCUT2D eigenvalue weighted by Crippen LogP contribution is -2.61. The number of aliphatic hydroxyl groups excluding tert-OH is 1. The summed E-state index contributed by atoms with van der Waals surface area (Å²) in [5, 5.41) is 20.1. The number of aliphatic hydroxyl groups is 1. The van der Waals surface area contributed by atoms with Crippen molar-refractivity contribution in [1.82, 2.24) is 9.80 Å². The van der Waals surface area contributed by atoms with Crippen LogP contribution >= 0.6 is 0 Å². The molecule has 0 aromatic heterocycles. The van der Waals surface area contributed by atoms with E-state index in [0.717, 1.165) is 0 Å². The maximum Gasteiger partial charge on any atom is 0.310 e. The highest BCUT2D eigenvalue weighted by Crippen LogP contribution is 2.65. The molecule has 0 aromatic rings. The van der Waals surface area contributed by atoms with Crippen molar-refractivity contribution in [2.75, 3.05) is 13.2 Å². The maximum absolute atomic E-state index is 14.1. The van der Waals surface area contributed by atoms with Crippen LogP contribution in [0.4, 0.5) is 0 Å². The summed E-state index contributed by atoms with van der Waals surface area (Å²) < 4.78 is 6.47. The van der Waals surface area contributed by atoms with Crippen LogP contribution in [0.1, 0.15) is 54.4 Å². The van der Waals surface area contributed by atoms with E-state index in [1.165, 1.54) is 4.90 Å². The molecule has 3 rings (SSSR count). The molecule has 8 heteroatoms. The molecule has 8 nitrogen and oxygen atoms in total. The van der Waals surface area contributed by atoms with Gasteiger partial charge in [0, 0.05) is 12.1 Å². The predicted molar refractivity (Wildman–Crippen MR) is 114 cm³/mol. The summed E-state index contributed by atoms with van der Waals surface area (Å²) in [6.07, 6.45) is 2.50. The van der Waals surface area contributed by atoms with E-state index in [9.17, 15) is 24.6 Å². The van der Waals surface area contributed by atoms with Crippen molar-refractivity contribution in [1.29, 1.82) is 0 Å². The Kier molecular flexibility index (Phi) is 5.81. The summed E-state index contributed by atoms with van der Waals surface area (Å²) in [7, 11) is 0. The van der Waals surface area contributed by atoms with Crippen molar-refractivity contribution >= 4 is 17.8 Å². The smallest absolute Gasteiger partial charge is 0.310 e. The van der Waals surface area contributed by atoms with Gasteiger partial charge in [0.1, 0.15) is 17.6 Å². The lowest BCUT2D eigenvalue weighted by molar-refractivity contribution is -0.161. The van der Waals surface area contributed by atoms with Gasteiger partial charge in [0.25, 0.3) is 0 Å². The fourth-order valence-corrected chi connectivity index (χ4v) is 6.11. The number of aliphatic carboxylic acids is 1. The molecule has 0 aliphatic carbocycles. The van der Waals surface area contributed by atoms with Crippen LogP contribution < -0.4 is 0 Å². The van der Waals surface area contributed by atoms with Crippen molar-refractivity contribution in [3.63, 3.8) is 0 Å². The van der Waals surface area contributed by atoms with Crippen LogP contribution in [-0.2, 0) is 19.1 Å². The minimum atomic E-state index is -1.22. The second-order valence-corrected chi connectivity index (χ2v) is 10.4. The van der Waals surface area contributed by atoms with Crippen LogP contribution in [0.5, 0.6) is 0 Å². The van der Waals surface area contributed by atoms with Gasteiger partial charge in [-0.05, 0) is 46.5 Å². The number of hydrogen-bond donors (Lipinski definition) is 2. The number of carbonyl (C=O) groups is 3. The average molecular weight is 437 g/mol. The number of carboxylic acid groups (broad SMARTS) is 1. The van der Waals surface area contributed by atoms with Crippen molar-refractivity contribution < 1.29 is 29.3 Å². The number of likely N-dealkylation sites (tertiary alicyclic amines) is 1. The van der Waals surface area contributed by atoms with Crippen LogP contribution in [0.2, 0.25) is 0 Å². The zero-order valence-corrected chi connectivity index (χ0v) is 19.4.